The van der Waals surface area contributed by atoms with Crippen molar-refractivity contribution < 1.29 is 37.4 Å². The zero-order valence-electron chi connectivity index (χ0n) is 29.7. The molecule has 2 aliphatic heterocycles. The molecule has 272 valence electrons. The topological polar surface area (TPSA) is 99.7 Å². The number of benzene rings is 2. The highest BCUT2D eigenvalue weighted by Crippen LogP contribution is 2.32. The predicted octanol–water partition coefficient (Wildman–Crippen LogP) is 5.14. The standard InChI is InChI=1S/C19H25FN2O3.C15H19FN2O2.C4H6O/c1-13(9-18(23)14-3-4-14)19(24)22-7-5-21(6-8-22)16-10-15(20)11-17(12-16)25-2;1-11(2)15(19)18-6-4-17(5-7-18)13-8-12(16)9-14(10-13)20-3;5-3-4-1-2-4/h10-14H,3-9H2,1-2H3;8-10H,1,4-7H2,2-3H3;3-4H,1-2H2. The van der Waals surface area contributed by atoms with Gasteiger partial charge in [0.15, 0.2) is 0 Å². The second-order valence-electron chi connectivity index (χ2n) is 13.4. The summed E-state index contributed by atoms with van der Waals surface area (Å²) < 4.78 is 37.4. The number of halogens is 2. The summed E-state index contributed by atoms with van der Waals surface area (Å²) in [5.41, 5.74) is 2.09. The maximum Gasteiger partial charge on any atom is 0.249 e. The summed E-state index contributed by atoms with van der Waals surface area (Å²) >= 11 is 0. The minimum atomic E-state index is -0.333. The van der Waals surface area contributed by atoms with E-state index in [0.29, 0.717) is 81.8 Å². The van der Waals surface area contributed by atoms with Gasteiger partial charge in [-0.3, -0.25) is 14.4 Å². The van der Waals surface area contributed by atoms with Gasteiger partial charge in [-0.15, -0.1) is 0 Å². The highest BCUT2D eigenvalue weighted by Gasteiger charge is 2.33. The van der Waals surface area contributed by atoms with E-state index in [2.05, 4.69) is 11.5 Å². The Morgan fingerprint density at radius 3 is 1.60 bits per heavy atom. The smallest absolute Gasteiger partial charge is 0.249 e. The first-order valence-corrected chi connectivity index (χ1v) is 17.3. The molecular weight excluding hydrogens is 646 g/mol. The third-order valence-electron chi connectivity index (χ3n) is 9.21. The van der Waals surface area contributed by atoms with Crippen molar-refractivity contribution in [3.05, 3.63) is 60.2 Å². The fourth-order valence-electron chi connectivity index (χ4n) is 5.82. The van der Waals surface area contributed by atoms with Crippen LogP contribution >= 0.6 is 0 Å². The van der Waals surface area contributed by atoms with Crippen molar-refractivity contribution in [2.75, 3.05) is 76.4 Å². The van der Waals surface area contributed by atoms with Crippen LogP contribution in [0.5, 0.6) is 11.5 Å². The number of ether oxygens (including phenoxy) is 2. The quantitative estimate of drug-likeness (QED) is 0.249. The highest BCUT2D eigenvalue weighted by atomic mass is 19.1. The normalized spacial score (nSPS) is 17.7. The van der Waals surface area contributed by atoms with Crippen molar-refractivity contribution in [1.82, 2.24) is 9.80 Å². The van der Waals surface area contributed by atoms with Crippen LogP contribution in [0, 0.1) is 29.4 Å². The maximum absolute atomic E-state index is 13.7. The molecule has 10 nitrogen and oxygen atoms in total. The number of piperazine rings is 2. The monoisotopic (exact) mass is 696 g/mol. The average molecular weight is 697 g/mol. The van der Waals surface area contributed by atoms with Gasteiger partial charge in [-0.2, -0.15) is 0 Å². The number of Topliss-reactive ketones (excluding diaryl/α,β-unsaturated/α-hetero) is 1. The molecule has 6 rings (SSSR count). The van der Waals surface area contributed by atoms with Crippen LogP contribution in [0.25, 0.3) is 0 Å². The number of hydrogen-bond acceptors (Lipinski definition) is 8. The van der Waals surface area contributed by atoms with Crippen molar-refractivity contribution in [3.8, 4) is 11.5 Å². The lowest BCUT2D eigenvalue weighted by molar-refractivity contribution is -0.137. The summed E-state index contributed by atoms with van der Waals surface area (Å²) in [5, 5.41) is 0. The summed E-state index contributed by atoms with van der Waals surface area (Å²) in [5.74, 6) is 0.998. The third-order valence-corrected chi connectivity index (χ3v) is 9.21. The summed E-state index contributed by atoms with van der Waals surface area (Å²) in [6, 6.07) is 9.28. The minimum absolute atomic E-state index is 0.0125. The molecule has 1 atom stereocenters. The van der Waals surface area contributed by atoms with Gasteiger partial charge in [-0.05, 0) is 44.7 Å². The number of amides is 2. The van der Waals surface area contributed by atoms with E-state index in [1.807, 2.05) is 16.7 Å². The fourth-order valence-corrected chi connectivity index (χ4v) is 5.82. The summed E-state index contributed by atoms with van der Waals surface area (Å²) in [7, 11) is 3.03. The van der Waals surface area contributed by atoms with Gasteiger partial charge in [0, 0.05) is 118 Å². The average Bonchev–Trinajstić information content (AvgIpc) is 4.05. The fraction of sp³-hybridized carbons (Fsp3) is 0.526. The molecule has 2 saturated carbocycles. The molecule has 2 aromatic carbocycles. The number of anilines is 2. The van der Waals surface area contributed by atoms with Crippen LogP contribution in [-0.4, -0.2) is 100 Å². The molecule has 4 aliphatic rings. The Morgan fingerprint density at radius 2 is 1.24 bits per heavy atom. The number of hydrogen-bond donors (Lipinski definition) is 0. The molecule has 2 heterocycles. The number of methoxy groups -OCH3 is 2. The number of rotatable bonds is 10. The van der Waals surface area contributed by atoms with E-state index in [9.17, 15) is 28.0 Å². The van der Waals surface area contributed by atoms with Crippen molar-refractivity contribution in [3.63, 3.8) is 0 Å². The van der Waals surface area contributed by atoms with E-state index < -0.39 is 0 Å². The van der Waals surface area contributed by atoms with Gasteiger partial charge in [0.1, 0.15) is 35.2 Å². The molecule has 1 unspecified atom stereocenters. The molecule has 50 heavy (non-hydrogen) atoms. The SMILES string of the molecule is C=C(C)C(=O)N1CCN(c2cc(F)cc(OC)c2)CC1.COc1cc(F)cc(N2CCN(C(=O)C(C)CC(=O)C3CC3)CC2)c1.O=CC1CC1. The van der Waals surface area contributed by atoms with Crippen LogP contribution < -0.4 is 19.3 Å². The second kappa shape index (κ2) is 18.0. The Labute approximate surface area is 294 Å². The van der Waals surface area contributed by atoms with Crippen LogP contribution in [0.2, 0.25) is 0 Å². The molecule has 0 aromatic heterocycles. The van der Waals surface area contributed by atoms with E-state index in [1.54, 1.807) is 24.0 Å². The van der Waals surface area contributed by atoms with E-state index in [1.165, 1.54) is 38.5 Å². The molecule has 2 aliphatic carbocycles. The van der Waals surface area contributed by atoms with Crippen molar-refractivity contribution in [2.24, 2.45) is 17.8 Å². The molecule has 2 aromatic rings. The molecule has 12 heteroatoms. The number of nitrogens with zero attached hydrogens (tertiary/aromatic N) is 4. The highest BCUT2D eigenvalue weighted by molar-refractivity contribution is 5.92. The zero-order chi connectivity index (χ0) is 36.4. The Hall–Kier alpha value is -4.48. The van der Waals surface area contributed by atoms with Gasteiger partial charge in [-0.1, -0.05) is 13.5 Å². The van der Waals surface area contributed by atoms with Crippen molar-refractivity contribution >= 4 is 35.3 Å². The number of carbonyl (C=O) groups excluding carboxylic acids is 4. The van der Waals surface area contributed by atoms with Gasteiger partial charge in [0.05, 0.1) is 14.2 Å². The molecule has 0 bridgehead atoms. The van der Waals surface area contributed by atoms with Gasteiger partial charge >= 0.3 is 0 Å². The van der Waals surface area contributed by atoms with E-state index in [-0.39, 0.29) is 41.1 Å². The van der Waals surface area contributed by atoms with E-state index >= 15 is 0 Å². The predicted molar refractivity (Wildman–Crippen MR) is 189 cm³/mol. The molecule has 0 spiro atoms. The van der Waals surface area contributed by atoms with E-state index in [4.69, 9.17) is 9.47 Å². The lowest BCUT2D eigenvalue weighted by Crippen LogP contribution is -2.50. The summed E-state index contributed by atoms with van der Waals surface area (Å²) in [4.78, 5) is 53.5. The summed E-state index contributed by atoms with van der Waals surface area (Å²) in [6.07, 6.45) is 5.63. The Kier molecular flexibility index (Phi) is 13.8. The maximum atomic E-state index is 13.7. The summed E-state index contributed by atoms with van der Waals surface area (Å²) in [6.45, 7) is 12.2. The van der Waals surface area contributed by atoms with Crippen LogP contribution in [-0.2, 0) is 19.2 Å². The van der Waals surface area contributed by atoms with Crippen molar-refractivity contribution in [2.45, 2.75) is 46.0 Å². The van der Waals surface area contributed by atoms with Crippen LogP contribution in [0.1, 0.15) is 46.0 Å². The lowest BCUT2D eigenvalue weighted by atomic mass is 10.0. The molecule has 0 N–H and O–H groups in total. The van der Waals surface area contributed by atoms with E-state index in [0.717, 1.165) is 43.3 Å². The van der Waals surface area contributed by atoms with Gasteiger partial charge in [0.25, 0.3) is 0 Å². The van der Waals surface area contributed by atoms with Gasteiger partial charge in [-0.25, -0.2) is 8.78 Å². The largest absolute Gasteiger partial charge is 0.497 e. The van der Waals surface area contributed by atoms with Crippen LogP contribution in [0.3, 0.4) is 0 Å². The van der Waals surface area contributed by atoms with Crippen molar-refractivity contribution in [1.29, 1.82) is 0 Å². The number of carbonyl (C=O) groups is 4. The molecule has 4 fully saturated rings. The third kappa shape index (κ3) is 11.3. The van der Waals surface area contributed by atoms with Crippen LogP contribution in [0.4, 0.5) is 20.2 Å². The molecular formula is C38H50F2N4O6. The molecule has 2 saturated heterocycles. The first-order chi connectivity index (χ1) is 23.9. The van der Waals surface area contributed by atoms with Gasteiger partial charge in [0.2, 0.25) is 11.8 Å². The van der Waals surface area contributed by atoms with Gasteiger partial charge < -0.3 is 33.9 Å². The van der Waals surface area contributed by atoms with Crippen LogP contribution in [0.15, 0.2) is 48.6 Å². The molecule has 2 amide bonds. The Bertz CT molecular complexity index is 1510. The minimum Gasteiger partial charge on any atom is -0.497 e. The first-order valence-electron chi connectivity index (χ1n) is 17.3. The molecule has 0 radical (unpaired) electrons. The Morgan fingerprint density at radius 1 is 0.780 bits per heavy atom. The number of ketones is 1. The first kappa shape index (κ1) is 38.3. The number of aldehydes is 1. The Balaban J connectivity index is 0.000000200. The second-order valence-corrected chi connectivity index (χ2v) is 13.4. The lowest BCUT2D eigenvalue weighted by Gasteiger charge is -2.37. The zero-order valence-corrected chi connectivity index (χ0v) is 29.7.